The zero-order valence-corrected chi connectivity index (χ0v) is 7.90. The Morgan fingerprint density at radius 2 is 2.06 bits per heavy atom. The van der Waals surface area contributed by atoms with Crippen LogP contribution in [0.25, 0.3) is 0 Å². The number of anilines is 1. The Kier molecular flexibility index (Phi) is 2.37. The van der Waals surface area contributed by atoms with Crippen molar-refractivity contribution in [3.63, 3.8) is 0 Å². The van der Waals surface area contributed by atoms with Crippen molar-refractivity contribution in [2.24, 2.45) is 5.10 Å². The minimum Gasteiger partial charge on any atom is -0.272 e. The molecular weight excluding hydrogens is 223 g/mol. The molecule has 0 N–H and O–H groups in total. The Labute approximate surface area is 88.4 Å². The van der Waals surface area contributed by atoms with Crippen molar-refractivity contribution in [2.75, 3.05) is 5.01 Å². The number of hydrogen-bond donors (Lipinski definition) is 0. The Morgan fingerprint density at radius 3 is 2.50 bits per heavy atom. The lowest BCUT2D eigenvalue weighted by molar-refractivity contribution is -0.137. The van der Waals surface area contributed by atoms with Crippen LogP contribution in [-0.4, -0.2) is 17.1 Å². The van der Waals surface area contributed by atoms with Crippen LogP contribution in [0.2, 0.25) is 0 Å². The Morgan fingerprint density at radius 1 is 1.31 bits per heavy atom. The summed E-state index contributed by atoms with van der Waals surface area (Å²) in [6.45, 7) is 0. The standard InChI is InChI=1S/C9H6F3N3O/c10-9(11,12)6-1-2-7(13-5-6)15-8(16)3-4-14-15/h1-2,4-5H,3H2. The van der Waals surface area contributed by atoms with E-state index in [1.807, 2.05) is 0 Å². The van der Waals surface area contributed by atoms with Crippen molar-refractivity contribution in [2.45, 2.75) is 12.6 Å². The van der Waals surface area contributed by atoms with Crippen molar-refractivity contribution >= 4 is 17.9 Å². The SMILES string of the molecule is O=C1CC=NN1c1ccc(C(F)(F)F)cn1. The number of carbonyl (C=O) groups is 1. The second-order valence-corrected chi connectivity index (χ2v) is 3.11. The maximum atomic E-state index is 12.2. The topological polar surface area (TPSA) is 45.6 Å². The van der Waals surface area contributed by atoms with E-state index in [-0.39, 0.29) is 18.1 Å². The third-order valence-corrected chi connectivity index (χ3v) is 1.99. The molecule has 0 spiro atoms. The van der Waals surface area contributed by atoms with E-state index in [4.69, 9.17) is 0 Å². The molecule has 0 atom stereocenters. The predicted molar refractivity (Wildman–Crippen MR) is 49.8 cm³/mol. The van der Waals surface area contributed by atoms with Gasteiger partial charge in [0, 0.05) is 12.4 Å². The summed E-state index contributed by atoms with van der Waals surface area (Å²) in [7, 11) is 0. The maximum absolute atomic E-state index is 12.2. The molecule has 0 saturated heterocycles. The molecule has 0 saturated carbocycles. The molecule has 1 amide bonds. The number of amides is 1. The molecule has 2 rings (SSSR count). The second kappa shape index (κ2) is 3.58. The van der Waals surface area contributed by atoms with Crippen LogP contribution in [-0.2, 0) is 11.0 Å². The highest BCUT2D eigenvalue weighted by Gasteiger charge is 2.31. The summed E-state index contributed by atoms with van der Waals surface area (Å²) in [5, 5.41) is 4.67. The van der Waals surface area contributed by atoms with Gasteiger partial charge in [-0.3, -0.25) is 4.79 Å². The van der Waals surface area contributed by atoms with E-state index in [1.54, 1.807) is 0 Å². The molecular formula is C9H6F3N3O. The normalized spacial score (nSPS) is 15.9. The number of halogens is 3. The summed E-state index contributed by atoms with van der Waals surface area (Å²) in [6, 6.07) is 1.98. The fourth-order valence-corrected chi connectivity index (χ4v) is 1.22. The average Bonchev–Trinajstić information content (AvgIpc) is 2.63. The monoisotopic (exact) mass is 229 g/mol. The molecule has 0 unspecified atom stereocenters. The molecule has 7 heteroatoms. The van der Waals surface area contributed by atoms with Crippen LogP contribution in [0.1, 0.15) is 12.0 Å². The second-order valence-electron chi connectivity index (χ2n) is 3.11. The van der Waals surface area contributed by atoms with Gasteiger partial charge in [0.1, 0.15) is 0 Å². The van der Waals surface area contributed by atoms with Gasteiger partial charge in [-0.25, -0.2) is 4.98 Å². The molecule has 0 fully saturated rings. The first-order valence-electron chi connectivity index (χ1n) is 4.37. The first-order chi connectivity index (χ1) is 7.48. The van der Waals surface area contributed by atoms with Crippen molar-refractivity contribution in [3.8, 4) is 0 Å². The van der Waals surface area contributed by atoms with Gasteiger partial charge in [0.05, 0.1) is 12.0 Å². The number of carbonyl (C=O) groups excluding carboxylic acids is 1. The first kappa shape index (κ1) is 10.6. The van der Waals surface area contributed by atoms with Crippen molar-refractivity contribution in [1.29, 1.82) is 0 Å². The van der Waals surface area contributed by atoms with Gasteiger partial charge < -0.3 is 0 Å². The number of pyridine rings is 1. The number of hydrazone groups is 1. The maximum Gasteiger partial charge on any atom is 0.417 e. The van der Waals surface area contributed by atoms with Crippen LogP contribution < -0.4 is 5.01 Å². The van der Waals surface area contributed by atoms with E-state index in [0.717, 1.165) is 17.1 Å². The molecule has 1 aliphatic rings. The molecule has 2 heterocycles. The summed E-state index contributed by atoms with van der Waals surface area (Å²) in [4.78, 5) is 14.7. The van der Waals surface area contributed by atoms with E-state index in [9.17, 15) is 18.0 Å². The van der Waals surface area contributed by atoms with E-state index in [2.05, 4.69) is 10.1 Å². The van der Waals surface area contributed by atoms with Gasteiger partial charge in [-0.1, -0.05) is 0 Å². The van der Waals surface area contributed by atoms with E-state index >= 15 is 0 Å². The van der Waals surface area contributed by atoms with Gasteiger partial charge in [-0.2, -0.15) is 23.3 Å². The number of rotatable bonds is 1. The molecule has 0 bridgehead atoms. The van der Waals surface area contributed by atoms with Gasteiger partial charge in [-0.05, 0) is 12.1 Å². The van der Waals surface area contributed by atoms with Crippen LogP contribution in [0.5, 0.6) is 0 Å². The number of nitrogens with zero attached hydrogens (tertiary/aromatic N) is 3. The van der Waals surface area contributed by atoms with E-state index < -0.39 is 11.7 Å². The summed E-state index contributed by atoms with van der Waals surface area (Å²) in [5.74, 6) is -0.223. The Balaban J connectivity index is 2.26. The van der Waals surface area contributed by atoms with Crippen molar-refractivity contribution < 1.29 is 18.0 Å². The predicted octanol–water partition coefficient (Wildman–Crippen LogP) is 1.82. The molecule has 84 valence electrons. The number of hydrogen-bond acceptors (Lipinski definition) is 3. The molecule has 0 aromatic carbocycles. The lowest BCUT2D eigenvalue weighted by Gasteiger charge is -2.11. The lowest BCUT2D eigenvalue weighted by atomic mass is 10.3. The smallest absolute Gasteiger partial charge is 0.272 e. The highest BCUT2D eigenvalue weighted by Crippen LogP contribution is 2.29. The minimum absolute atomic E-state index is 0.0896. The van der Waals surface area contributed by atoms with Crippen LogP contribution >= 0.6 is 0 Å². The highest BCUT2D eigenvalue weighted by atomic mass is 19.4. The van der Waals surface area contributed by atoms with Gasteiger partial charge in [0.2, 0.25) is 0 Å². The Bertz CT molecular complexity index is 438. The van der Waals surface area contributed by atoms with Crippen LogP contribution in [0.3, 0.4) is 0 Å². The summed E-state index contributed by atoms with van der Waals surface area (Å²) in [6.07, 6.45) is -2.23. The van der Waals surface area contributed by atoms with Gasteiger partial charge in [0.15, 0.2) is 5.82 Å². The molecule has 4 nitrogen and oxygen atoms in total. The largest absolute Gasteiger partial charge is 0.417 e. The van der Waals surface area contributed by atoms with Gasteiger partial charge >= 0.3 is 6.18 Å². The summed E-state index contributed by atoms with van der Waals surface area (Å²) < 4.78 is 36.7. The first-order valence-corrected chi connectivity index (χ1v) is 4.37. The van der Waals surface area contributed by atoms with Crippen molar-refractivity contribution in [1.82, 2.24) is 4.98 Å². The van der Waals surface area contributed by atoms with Crippen LogP contribution in [0.4, 0.5) is 19.0 Å². The average molecular weight is 229 g/mol. The molecule has 0 radical (unpaired) electrons. The Hall–Kier alpha value is -1.92. The minimum atomic E-state index is -4.43. The van der Waals surface area contributed by atoms with Gasteiger partial charge in [0.25, 0.3) is 5.91 Å². The zero-order valence-electron chi connectivity index (χ0n) is 7.90. The van der Waals surface area contributed by atoms with Crippen molar-refractivity contribution in [3.05, 3.63) is 23.9 Å². The van der Waals surface area contributed by atoms with Crippen LogP contribution in [0, 0.1) is 0 Å². The van der Waals surface area contributed by atoms with E-state index in [0.29, 0.717) is 6.20 Å². The quantitative estimate of drug-likeness (QED) is 0.737. The van der Waals surface area contributed by atoms with Gasteiger partial charge in [-0.15, -0.1) is 0 Å². The lowest BCUT2D eigenvalue weighted by Crippen LogP contribution is -2.20. The number of aromatic nitrogens is 1. The molecule has 1 aromatic rings. The molecule has 16 heavy (non-hydrogen) atoms. The molecule has 0 aliphatic carbocycles. The molecule has 1 aromatic heterocycles. The third kappa shape index (κ3) is 1.88. The fourth-order valence-electron chi connectivity index (χ4n) is 1.22. The zero-order chi connectivity index (χ0) is 11.8. The van der Waals surface area contributed by atoms with E-state index in [1.165, 1.54) is 6.21 Å². The summed E-state index contributed by atoms with van der Waals surface area (Å²) >= 11 is 0. The van der Waals surface area contributed by atoms with Crippen LogP contribution in [0.15, 0.2) is 23.4 Å². The molecule has 1 aliphatic heterocycles. The third-order valence-electron chi connectivity index (χ3n) is 1.99. The highest BCUT2D eigenvalue weighted by molar-refractivity contribution is 6.04. The summed E-state index contributed by atoms with van der Waals surface area (Å²) in [5.41, 5.74) is -0.855. The number of alkyl halides is 3. The fraction of sp³-hybridized carbons (Fsp3) is 0.222.